The van der Waals surface area contributed by atoms with Gasteiger partial charge in [-0.05, 0) is 19.3 Å². The molecule has 0 saturated heterocycles. The minimum Gasteiger partial charge on any atom is -0.384 e. The molecule has 0 aliphatic carbocycles. The quantitative estimate of drug-likeness (QED) is 0.620. The Balaban J connectivity index is 3.82. The molecule has 2 atom stereocenters. The first-order chi connectivity index (χ1) is 4.95. The molecule has 0 unspecified atom stereocenters. The van der Waals surface area contributed by atoms with E-state index in [2.05, 4.69) is 0 Å². The van der Waals surface area contributed by atoms with Gasteiger partial charge in [-0.25, -0.2) is 0 Å². The van der Waals surface area contributed by atoms with Crippen molar-refractivity contribution < 1.29 is 9.90 Å². The van der Waals surface area contributed by atoms with Gasteiger partial charge in [-0.15, -0.1) is 0 Å². The third-order valence-corrected chi connectivity index (χ3v) is 1.57. The number of hydrogen-bond donors (Lipinski definition) is 2. The summed E-state index contributed by atoms with van der Waals surface area (Å²) in [5.41, 5.74) is 5.55. The number of hydrogen-bond acceptors (Lipinski definition) is 3. The van der Waals surface area contributed by atoms with E-state index in [0.29, 0.717) is 12.3 Å². The molecule has 0 aromatic rings. The van der Waals surface area contributed by atoms with Crippen LogP contribution in [-0.2, 0) is 4.79 Å². The van der Waals surface area contributed by atoms with Crippen molar-refractivity contribution in [2.24, 2.45) is 11.7 Å². The molecule has 11 heavy (non-hydrogen) atoms. The van der Waals surface area contributed by atoms with E-state index in [9.17, 15) is 4.79 Å². The highest BCUT2D eigenvalue weighted by molar-refractivity contribution is 5.80. The van der Waals surface area contributed by atoms with Crippen molar-refractivity contribution in [3.63, 3.8) is 0 Å². The maximum absolute atomic E-state index is 10.6. The number of rotatable bonds is 4. The van der Waals surface area contributed by atoms with E-state index in [4.69, 9.17) is 10.8 Å². The fourth-order valence-corrected chi connectivity index (χ4v) is 0.975. The number of Topliss-reactive ketones (excluding diaryl/α,β-unsaturated/α-hetero) is 1. The maximum Gasteiger partial charge on any atom is 0.159 e. The van der Waals surface area contributed by atoms with E-state index in [1.165, 1.54) is 6.92 Å². The Morgan fingerprint density at radius 1 is 1.55 bits per heavy atom. The normalized spacial score (nSPS) is 16.5. The molecular formula is C8H17NO2. The van der Waals surface area contributed by atoms with Crippen LogP contribution in [0.3, 0.4) is 0 Å². The van der Waals surface area contributed by atoms with Crippen molar-refractivity contribution in [2.75, 3.05) is 0 Å². The van der Waals surface area contributed by atoms with Crippen LogP contribution in [0.1, 0.15) is 27.2 Å². The predicted octanol–water partition coefficient (Wildman–Crippen LogP) is 0.310. The molecule has 0 aliphatic rings. The molecule has 0 aromatic heterocycles. The van der Waals surface area contributed by atoms with Gasteiger partial charge in [0, 0.05) is 6.04 Å². The summed E-state index contributed by atoms with van der Waals surface area (Å²) in [6.07, 6.45) is -0.307. The molecule has 0 bridgehead atoms. The smallest absolute Gasteiger partial charge is 0.159 e. The second kappa shape index (κ2) is 4.46. The Kier molecular flexibility index (Phi) is 4.30. The van der Waals surface area contributed by atoms with Gasteiger partial charge < -0.3 is 10.8 Å². The summed E-state index contributed by atoms with van der Waals surface area (Å²) in [6.45, 7) is 5.37. The van der Waals surface area contributed by atoms with Crippen LogP contribution in [0, 0.1) is 5.92 Å². The molecule has 0 saturated carbocycles. The Hall–Kier alpha value is -0.410. The van der Waals surface area contributed by atoms with Crippen molar-refractivity contribution in [2.45, 2.75) is 39.3 Å². The van der Waals surface area contributed by atoms with Crippen molar-refractivity contribution >= 4 is 5.78 Å². The van der Waals surface area contributed by atoms with E-state index in [1.54, 1.807) is 0 Å². The zero-order valence-corrected chi connectivity index (χ0v) is 7.37. The molecule has 66 valence electrons. The average molecular weight is 159 g/mol. The van der Waals surface area contributed by atoms with Crippen LogP contribution < -0.4 is 5.73 Å². The number of aliphatic hydroxyl groups excluding tert-OH is 1. The topological polar surface area (TPSA) is 63.3 Å². The van der Waals surface area contributed by atoms with Gasteiger partial charge in [0.1, 0.15) is 6.10 Å². The number of carbonyl (C=O) groups is 1. The number of carbonyl (C=O) groups excluding carboxylic acids is 1. The fourth-order valence-electron chi connectivity index (χ4n) is 0.975. The SMILES string of the molecule is CC(=O)[C@H](O)[C@H](N)CC(C)C. The third kappa shape index (κ3) is 4.11. The molecule has 0 aliphatic heterocycles. The van der Waals surface area contributed by atoms with Crippen molar-refractivity contribution in [1.82, 2.24) is 0 Å². The zero-order chi connectivity index (χ0) is 9.02. The van der Waals surface area contributed by atoms with Crippen LogP contribution in [0.5, 0.6) is 0 Å². The number of aliphatic hydroxyl groups is 1. The third-order valence-electron chi connectivity index (χ3n) is 1.57. The Morgan fingerprint density at radius 2 is 2.00 bits per heavy atom. The Bertz CT molecular complexity index is 134. The number of ketones is 1. The molecule has 0 rings (SSSR count). The second-order valence-corrected chi connectivity index (χ2v) is 3.35. The lowest BCUT2D eigenvalue weighted by Gasteiger charge is -2.17. The summed E-state index contributed by atoms with van der Waals surface area (Å²) in [6, 6.07) is -0.410. The maximum atomic E-state index is 10.6. The highest BCUT2D eigenvalue weighted by atomic mass is 16.3. The lowest BCUT2D eigenvalue weighted by atomic mass is 9.98. The van der Waals surface area contributed by atoms with Gasteiger partial charge in [-0.3, -0.25) is 4.79 Å². The number of nitrogens with two attached hydrogens (primary N) is 1. The second-order valence-electron chi connectivity index (χ2n) is 3.35. The molecular weight excluding hydrogens is 142 g/mol. The molecule has 0 heterocycles. The lowest BCUT2D eigenvalue weighted by molar-refractivity contribution is -0.126. The van der Waals surface area contributed by atoms with Gasteiger partial charge in [0.05, 0.1) is 0 Å². The average Bonchev–Trinajstić information content (AvgIpc) is 1.84. The first-order valence-corrected chi connectivity index (χ1v) is 3.89. The lowest BCUT2D eigenvalue weighted by Crippen LogP contribution is -2.40. The minimum atomic E-state index is -0.989. The highest BCUT2D eigenvalue weighted by Crippen LogP contribution is 2.06. The van der Waals surface area contributed by atoms with Gasteiger partial charge in [-0.1, -0.05) is 13.8 Å². The van der Waals surface area contributed by atoms with Crippen LogP contribution in [0.2, 0.25) is 0 Å². The van der Waals surface area contributed by atoms with Crippen LogP contribution >= 0.6 is 0 Å². The van der Waals surface area contributed by atoms with Gasteiger partial charge in [-0.2, -0.15) is 0 Å². The van der Waals surface area contributed by atoms with Gasteiger partial charge in [0.15, 0.2) is 5.78 Å². The van der Waals surface area contributed by atoms with Crippen molar-refractivity contribution in [3.8, 4) is 0 Å². The molecule has 3 nitrogen and oxygen atoms in total. The summed E-state index contributed by atoms with van der Waals surface area (Å²) in [5.74, 6) is 0.164. The van der Waals surface area contributed by atoms with Crippen LogP contribution in [-0.4, -0.2) is 23.0 Å². The largest absolute Gasteiger partial charge is 0.384 e. The van der Waals surface area contributed by atoms with Crippen LogP contribution in [0.15, 0.2) is 0 Å². The summed E-state index contributed by atoms with van der Waals surface area (Å²) in [5, 5.41) is 9.17. The molecule has 0 fully saturated rings. The first kappa shape index (κ1) is 10.6. The highest BCUT2D eigenvalue weighted by Gasteiger charge is 2.19. The zero-order valence-electron chi connectivity index (χ0n) is 7.37. The molecule has 0 radical (unpaired) electrons. The molecule has 0 spiro atoms. The monoisotopic (exact) mass is 159 g/mol. The molecule has 3 heteroatoms. The van der Waals surface area contributed by atoms with E-state index in [0.717, 1.165) is 0 Å². The Labute approximate surface area is 67.6 Å². The minimum absolute atomic E-state index is 0.252. The first-order valence-electron chi connectivity index (χ1n) is 3.89. The van der Waals surface area contributed by atoms with Crippen LogP contribution in [0.4, 0.5) is 0 Å². The fraction of sp³-hybridized carbons (Fsp3) is 0.875. The van der Waals surface area contributed by atoms with E-state index < -0.39 is 12.1 Å². The van der Waals surface area contributed by atoms with E-state index in [-0.39, 0.29) is 5.78 Å². The summed E-state index contributed by atoms with van der Waals surface area (Å²) in [7, 11) is 0. The van der Waals surface area contributed by atoms with E-state index in [1.807, 2.05) is 13.8 Å². The van der Waals surface area contributed by atoms with Crippen LogP contribution in [0.25, 0.3) is 0 Å². The van der Waals surface area contributed by atoms with Gasteiger partial charge in [0.2, 0.25) is 0 Å². The molecule has 0 aromatic carbocycles. The van der Waals surface area contributed by atoms with Gasteiger partial charge >= 0.3 is 0 Å². The summed E-state index contributed by atoms with van der Waals surface area (Å²) in [4.78, 5) is 10.6. The molecule has 3 N–H and O–H groups in total. The predicted molar refractivity (Wildman–Crippen MR) is 44.1 cm³/mol. The van der Waals surface area contributed by atoms with Crippen molar-refractivity contribution in [3.05, 3.63) is 0 Å². The molecule has 0 amide bonds. The standard InChI is InChI=1S/C8H17NO2/c1-5(2)4-7(9)8(11)6(3)10/h5,7-8,11H,4,9H2,1-3H3/t7-,8+/m1/s1. The van der Waals surface area contributed by atoms with Crippen molar-refractivity contribution in [1.29, 1.82) is 0 Å². The Morgan fingerprint density at radius 3 is 2.27 bits per heavy atom. The van der Waals surface area contributed by atoms with Gasteiger partial charge in [0.25, 0.3) is 0 Å². The summed E-state index contributed by atoms with van der Waals surface area (Å²) >= 11 is 0. The van der Waals surface area contributed by atoms with E-state index >= 15 is 0 Å². The summed E-state index contributed by atoms with van der Waals surface area (Å²) < 4.78 is 0.